The van der Waals surface area contributed by atoms with Crippen LogP contribution in [0.5, 0.6) is 5.75 Å². The van der Waals surface area contributed by atoms with Gasteiger partial charge in [-0.2, -0.15) is 0 Å². The van der Waals surface area contributed by atoms with Crippen LogP contribution < -0.4 is 14.4 Å². The summed E-state index contributed by atoms with van der Waals surface area (Å²) >= 11 is 6.45. The van der Waals surface area contributed by atoms with Crippen LogP contribution in [0.4, 0.5) is 5.69 Å². The van der Waals surface area contributed by atoms with E-state index in [-0.39, 0.29) is 18.3 Å². The lowest BCUT2D eigenvalue weighted by molar-refractivity contribution is -0.108. The van der Waals surface area contributed by atoms with Gasteiger partial charge in [0.1, 0.15) is 18.0 Å². The van der Waals surface area contributed by atoms with Crippen molar-refractivity contribution in [2.75, 3.05) is 71.0 Å². The molecule has 0 unspecified atom stereocenters. The number of nitrogens with one attached hydrogen (secondary N) is 1. The van der Waals surface area contributed by atoms with E-state index in [1.807, 2.05) is 74.7 Å². The second-order valence-electron chi connectivity index (χ2n) is 17.2. The van der Waals surface area contributed by atoms with Crippen molar-refractivity contribution in [2.45, 2.75) is 75.4 Å². The molecule has 10 nitrogen and oxygen atoms in total. The second-order valence-corrected chi connectivity index (χ2v) is 19.5. The molecule has 8 rings (SSSR count). The third-order valence-corrected chi connectivity index (χ3v) is 15.7. The molecule has 6 atom stereocenters. The molecule has 1 aliphatic carbocycles. The van der Waals surface area contributed by atoms with Gasteiger partial charge in [0.25, 0.3) is 5.91 Å². The number of benzene rings is 3. The maximum atomic E-state index is 14.4. The Balaban J connectivity index is 1.18. The van der Waals surface area contributed by atoms with Crippen molar-refractivity contribution in [1.29, 1.82) is 0 Å². The Morgan fingerprint density at radius 3 is 2.64 bits per heavy atom. The molecule has 2 saturated heterocycles. The van der Waals surface area contributed by atoms with Crippen LogP contribution in [0.2, 0.25) is 5.02 Å². The van der Waals surface area contributed by atoms with E-state index in [2.05, 4.69) is 31.6 Å². The van der Waals surface area contributed by atoms with E-state index in [9.17, 15) is 13.2 Å². The molecule has 3 aromatic carbocycles. The SMILES string of the molecule is CO[C@]1(CN2CCN3CCOC[C@@H]3C2)/C=C/C[C@H](C)[C@@H](Cc2ccccc2)S(=O)(=O)NC(=O)c2ccc3c(c2)N(CCCCc2cc(Cl)ccc2CO3)C[C@@H]2CC[C@H]21. The molecule has 4 aliphatic heterocycles. The van der Waals surface area contributed by atoms with E-state index < -0.39 is 26.8 Å². The van der Waals surface area contributed by atoms with Gasteiger partial charge < -0.3 is 19.1 Å². The molecule has 2 bridgehead atoms. The summed E-state index contributed by atoms with van der Waals surface area (Å²) in [4.78, 5) is 21.6. The minimum absolute atomic E-state index is 0.238. The molecule has 1 N–H and O–H groups in total. The van der Waals surface area contributed by atoms with E-state index in [1.165, 1.54) is 5.56 Å². The fourth-order valence-corrected chi connectivity index (χ4v) is 11.9. The molecule has 5 aliphatic rings. The van der Waals surface area contributed by atoms with E-state index >= 15 is 0 Å². The summed E-state index contributed by atoms with van der Waals surface area (Å²) in [5.74, 6) is 0.306. The lowest BCUT2D eigenvalue weighted by atomic mass is 9.63. The average molecular weight is 832 g/mol. The fourth-order valence-electron chi connectivity index (χ4n) is 10.0. The number of methoxy groups -OCH3 is 1. The average Bonchev–Trinajstić information content (AvgIpc) is 3.24. The molecular formula is C46H59ClN4O6S. The molecule has 312 valence electrons. The zero-order chi connectivity index (χ0) is 40.3. The lowest BCUT2D eigenvalue weighted by Gasteiger charge is -2.53. The molecule has 4 heterocycles. The predicted molar refractivity (Wildman–Crippen MR) is 229 cm³/mol. The number of sulfonamides is 1. The Morgan fingerprint density at radius 1 is 0.966 bits per heavy atom. The third-order valence-electron chi connectivity index (χ3n) is 13.6. The molecule has 1 amide bonds. The Hall–Kier alpha value is -3.45. The number of piperazine rings is 1. The van der Waals surface area contributed by atoms with Gasteiger partial charge in [-0.25, -0.2) is 13.1 Å². The fraction of sp³-hybridized carbons (Fsp3) is 0.543. The number of anilines is 1. The van der Waals surface area contributed by atoms with Crippen LogP contribution in [0.25, 0.3) is 0 Å². The highest BCUT2D eigenvalue weighted by Crippen LogP contribution is 2.47. The number of hydrogen-bond donors (Lipinski definition) is 1. The van der Waals surface area contributed by atoms with Crippen molar-refractivity contribution in [3.05, 3.63) is 106 Å². The number of morpholine rings is 1. The van der Waals surface area contributed by atoms with Gasteiger partial charge >= 0.3 is 0 Å². The van der Waals surface area contributed by atoms with Gasteiger partial charge in [-0.1, -0.05) is 67.1 Å². The Labute approximate surface area is 349 Å². The highest BCUT2D eigenvalue weighted by atomic mass is 35.5. The van der Waals surface area contributed by atoms with Crippen LogP contribution in [0.15, 0.2) is 78.9 Å². The van der Waals surface area contributed by atoms with Crippen molar-refractivity contribution in [1.82, 2.24) is 14.5 Å². The summed E-state index contributed by atoms with van der Waals surface area (Å²) in [6.07, 6.45) is 10.1. The zero-order valence-corrected chi connectivity index (χ0v) is 35.6. The van der Waals surface area contributed by atoms with Gasteiger partial charge in [0.05, 0.1) is 24.2 Å². The topological polar surface area (TPSA) is 101 Å². The third kappa shape index (κ3) is 9.15. The van der Waals surface area contributed by atoms with Crippen LogP contribution in [0.3, 0.4) is 0 Å². The highest BCUT2D eigenvalue weighted by molar-refractivity contribution is 7.90. The normalized spacial score (nSPS) is 30.2. The first-order valence-corrected chi connectivity index (χ1v) is 23.2. The first-order valence-electron chi connectivity index (χ1n) is 21.3. The predicted octanol–water partition coefficient (Wildman–Crippen LogP) is 6.76. The number of amides is 1. The van der Waals surface area contributed by atoms with E-state index in [1.54, 1.807) is 6.07 Å². The number of ether oxygens (including phenoxy) is 3. The molecule has 3 fully saturated rings. The van der Waals surface area contributed by atoms with Gasteiger partial charge in [0.15, 0.2) is 0 Å². The summed E-state index contributed by atoms with van der Waals surface area (Å²) in [6.45, 7) is 10.0. The number of aryl methyl sites for hydroxylation is 1. The zero-order valence-electron chi connectivity index (χ0n) is 34.0. The first-order chi connectivity index (χ1) is 28.1. The number of allylic oxidation sites excluding steroid dienone is 1. The summed E-state index contributed by atoms with van der Waals surface area (Å²) in [7, 11) is -2.26. The van der Waals surface area contributed by atoms with Crippen molar-refractivity contribution < 1.29 is 27.4 Å². The number of nitrogens with zero attached hydrogens (tertiary/aromatic N) is 3. The maximum Gasteiger partial charge on any atom is 0.264 e. The standard InChI is InChI=1S/C46H59ClN4O6S/c1-33-9-8-19-46(55-2,32-49-21-22-50-23-24-56-31-40(50)29-49)41-17-14-37(41)28-51-20-7-6-12-35-26-39(47)16-13-38(35)30-57-43-18-15-36(27-42(43)51)45(52)48-58(53,54)44(33)25-34-10-4-3-5-11-34/h3-5,8,10-11,13,15-16,18-19,26-27,33,37,40-41,44H,6-7,9,12,14,17,20-25,28-32H2,1-2H3,(H,48,52)/b19-8+/t33-,37-,40-,41+,44+,46-/m0/s1. The molecule has 12 heteroatoms. The van der Waals surface area contributed by atoms with Gasteiger partial charge in [-0.05, 0) is 110 Å². The smallest absolute Gasteiger partial charge is 0.264 e. The van der Waals surface area contributed by atoms with Gasteiger partial charge in [-0.15, -0.1) is 0 Å². The number of rotatable bonds is 5. The Kier molecular flexibility index (Phi) is 12.8. The van der Waals surface area contributed by atoms with Crippen molar-refractivity contribution in [3.8, 4) is 5.75 Å². The van der Waals surface area contributed by atoms with Crippen LogP contribution >= 0.6 is 11.6 Å². The second kappa shape index (κ2) is 18.0. The summed E-state index contributed by atoms with van der Waals surface area (Å²) in [6, 6.07) is 21.4. The minimum Gasteiger partial charge on any atom is -0.487 e. The number of halogens is 1. The number of carbonyl (C=O) groups excluding carboxylic acids is 1. The number of carbonyl (C=O) groups is 1. The van der Waals surface area contributed by atoms with Gasteiger partial charge in [-0.3, -0.25) is 14.6 Å². The van der Waals surface area contributed by atoms with Gasteiger partial charge in [0, 0.05) is 69.6 Å². The molecule has 1 saturated carbocycles. The first kappa shape index (κ1) is 41.3. The van der Waals surface area contributed by atoms with E-state index in [0.717, 1.165) is 108 Å². The maximum absolute atomic E-state index is 14.4. The monoisotopic (exact) mass is 830 g/mol. The summed E-state index contributed by atoms with van der Waals surface area (Å²) in [5.41, 5.74) is 3.70. The Morgan fingerprint density at radius 2 is 1.83 bits per heavy atom. The van der Waals surface area contributed by atoms with Crippen molar-refractivity contribution >= 4 is 33.2 Å². The summed E-state index contributed by atoms with van der Waals surface area (Å²) < 4.78 is 50.6. The molecule has 0 aromatic heterocycles. The van der Waals surface area contributed by atoms with Crippen LogP contribution in [0.1, 0.15) is 66.1 Å². The van der Waals surface area contributed by atoms with Gasteiger partial charge in [0.2, 0.25) is 10.0 Å². The molecule has 58 heavy (non-hydrogen) atoms. The van der Waals surface area contributed by atoms with E-state index in [0.29, 0.717) is 41.3 Å². The molecule has 3 aromatic rings. The quantitative estimate of drug-likeness (QED) is 0.280. The molecule has 0 radical (unpaired) electrons. The van der Waals surface area contributed by atoms with Crippen LogP contribution in [0, 0.1) is 17.8 Å². The van der Waals surface area contributed by atoms with Crippen LogP contribution in [-0.4, -0.2) is 107 Å². The minimum atomic E-state index is -4.12. The summed E-state index contributed by atoms with van der Waals surface area (Å²) in [5, 5.41) is -0.135. The Bertz CT molecular complexity index is 2050. The number of hydrogen-bond acceptors (Lipinski definition) is 9. The largest absolute Gasteiger partial charge is 0.487 e. The number of fused-ring (bicyclic) bond motifs is 4. The molecular weight excluding hydrogens is 772 g/mol. The molecule has 0 spiro atoms. The van der Waals surface area contributed by atoms with E-state index in [4.69, 9.17) is 25.8 Å². The highest BCUT2D eigenvalue weighted by Gasteiger charge is 2.49. The van der Waals surface area contributed by atoms with Crippen molar-refractivity contribution in [3.63, 3.8) is 0 Å². The lowest BCUT2D eigenvalue weighted by Crippen LogP contribution is -2.62. The van der Waals surface area contributed by atoms with Crippen molar-refractivity contribution in [2.24, 2.45) is 17.8 Å². The van der Waals surface area contributed by atoms with Crippen LogP contribution in [-0.2, 0) is 38.9 Å².